The fourth-order valence-corrected chi connectivity index (χ4v) is 3.24. The fraction of sp³-hybridized carbons (Fsp3) is 0.571. The number of hydrogen-bond acceptors (Lipinski definition) is 2. The third-order valence-corrected chi connectivity index (χ3v) is 5.09. The van der Waals surface area contributed by atoms with Gasteiger partial charge in [0.25, 0.3) is 0 Å². The van der Waals surface area contributed by atoms with Crippen molar-refractivity contribution in [3.63, 3.8) is 0 Å². The molecular weight excluding hydrogens is 285 g/mol. The van der Waals surface area contributed by atoms with Gasteiger partial charge >= 0.3 is 0 Å². The van der Waals surface area contributed by atoms with E-state index in [0.717, 1.165) is 29.4 Å². The molecule has 0 fully saturated rings. The van der Waals surface area contributed by atoms with E-state index in [4.69, 9.17) is 23.2 Å². The van der Waals surface area contributed by atoms with Crippen molar-refractivity contribution in [3.8, 4) is 0 Å². The van der Waals surface area contributed by atoms with Crippen LogP contribution in [0.25, 0.3) is 0 Å². The Balaban J connectivity index is 2.44. The van der Waals surface area contributed by atoms with Crippen LogP contribution in [0.2, 0.25) is 10.0 Å². The van der Waals surface area contributed by atoms with Gasteiger partial charge in [0.15, 0.2) is 0 Å². The highest BCUT2D eigenvalue weighted by Crippen LogP contribution is 2.28. The number of benzene rings is 1. The summed E-state index contributed by atoms with van der Waals surface area (Å²) in [6.45, 7) is 8.79. The molecule has 0 amide bonds. The molecule has 0 aliphatic rings. The molecule has 0 saturated heterocycles. The molecule has 0 aliphatic carbocycles. The molecule has 1 aromatic rings. The molecule has 4 heteroatoms. The Morgan fingerprint density at radius 1 is 1.28 bits per heavy atom. The fourth-order valence-electron chi connectivity index (χ4n) is 1.56. The summed E-state index contributed by atoms with van der Waals surface area (Å²) in [6.07, 6.45) is 0. The summed E-state index contributed by atoms with van der Waals surface area (Å²) in [6, 6.07) is 5.72. The minimum absolute atomic E-state index is 0.607. The summed E-state index contributed by atoms with van der Waals surface area (Å²) in [4.78, 5) is 0. The van der Waals surface area contributed by atoms with Gasteiger partial charge in [-0.25, -0.2) is 0 Å². The van der Waals surface area contributed by atoms with E-state index in [1.807, 2.05) is 30.0 Å². The second-order valence-electron chi connectivity index (χ2n) is 4.54. The number of hydrogen-bond donors (Lipinski definition) is 1. The second-order valence-corrected chi connectivity index (χ2v) is 6.75. The first kappa shape index (κ1) is 16.2. The van der Waals surface area contributed by atoms with Gasteiger partial charge in [-0.1, -0.05) is 50.0 Å². The summed E-state index contributed by atoms with van der Waals surface area (Å²) >= 11 is 14.0. The highest BCUT2D eigenvalue weighted by Gasteiger charge is 2.13. The van der Waals surface area contributed by atoms with Crippen LogP contribution in [0.15, 0.2) is 18.2 Å². The van der Waals surface area contributed by atoms with Crippen molar-refractivity contribution in [2.24, 2.45) is 5.92 Å². The molecule has 0 saturated carbocycles. The lowest BCUT2D eigenvalue weighted by Gasteiger charge is -2.20. The van der Waals surface area contributed by atoms with Gasteiger partial charge in [-0.05, 0) is 36.7 Å². The van der Waals surface area contributed by atoms with Crippen LogP contribution in [0.4, 0.5) is 0 Å². The van der Waals surface area contributed by atoms with Crippen LogP contribution in [-0.4, -0.2) is 18.3 Å². The van der Waals surface area contributed by atoms with Gasteiger partial charge in [0.05, 0.1) is 0 Å². The standard InChI is InChI=1S/C14H21Cl2NS/c1-4-17-8-10(2)11(3)18-9-12-5-6-13(15)7-14(12)16/h5-7,10-11,17H,4,8-9H2,1-3H3. The van der Waals surface area contributed by atoms with E-state index < -0.39 is 0 Å². The first-order valence-electron chi connectivity index (χ1n) is 6.30. The van der Waals surface area contributed by atoms with Crippen molar-refractivity contribution < 1.29 is 0 Å². The Hall–Kier alpha value is 0.110. The van der Waals surface area contributed by atoms with Crippen LogP contribution in [0.3, 0.4) is 0 Å². The summed E-state index contributed by atoms with van der Waals surface area (Å²) in [5.74, 6) is 1.59. The summed E-state index contributed by atoms with van der Waals surface area (Å²) in [5.41, 5.74) is 1.16. The van der Waals surface area contributed by atoms with E-state index in [9.17, 15) is 0 Å². The number of halogens is 2. The van der Waals surface area contributed by atoms with Gasteiger partial charge in [-0.3, -0.25) is 0 Å². The summed E-state index contributed by atoms with van der Waals surface area (Å²) < 4.78 is 0. The molecule has 1 rings (SSSR count). The monoisotopic (exact) mass is 305 g/mol. The molecule has 102 valence electrons. The molecule has 1 nitrogen and oxygen atoms in total. The Bertz CT molecular complexity index is 371. The maximum absolute atomic E-state index is 6.17. The average Bonchev–Trinajstić information content (AvgIpc) is 2.34. The number of nitrogens with one attached hydrogen (secondary N) is 1. The molecule has 2 unspecified atom stereocenters. The van der Waals surface area contributed by atoms with Gasteiger partial charge < -0.3 is 5.32 Å². The van der Waals surface area contributed by atoms with Crippen molar-refractivity contribution in [2.45, 2.75) is 31.8 Å². The molecule has 1 N–H and O–H groups in total. The van der Waals surface area contributed by atoms with Gasteiger partial charge in [0.2, 0.25) is 0 Å². The third-order valence-electron chi connectivity index (χ3n) is 3.03. The van der Waals surface area contributed by atoms with E-state index in [2.05, 4.69) is 26.1 Å². The highest BCUT2D eigenvalue weighted by atomic mass is 35.5. The normalized spacial score (nSPS) is 14.5. The zero-order chi connectivity index (χ0) is 13.5. The van der Waals surface area contributed by atoms with Gasteiger partial charge in [-0.2, -0.15) is 11.8 Å². The first-order valence-corrected chi connectivity index (χ1v) is 8.11. The summed E-state index contributed by atoms with van der Waals surface area (Å²) in [5, 5.41) is 5.46. The van der Waals surface area contributed by atoms with Crippen molar-refractivity contribution in [2.75, 3.05) is 13.1 Å². The van der Waals surface area contributed by atoms with Crippen LogP contribution < -0.4 is 5.32 Å². The molecule has 2 atom stereocenters. The average molecular weight is 306 g/mol. The van der Waals surface area contributed by atoms with Crippen LogP contribution in [0.5, 0.6) is 0 Å². The SMILES string of the molecule is CCNCC(C)C(C)SCc1ccc(Cl)cc1Cl. The first-order chi connectivity index (χ1) is 8.54. The maximum atomic E-state index is 6.17. The Labute approximate surface area is 125 Å². The maximum Gasteiger partial charge on any atom is 0.0461 e. The van der Waals surface area contributed by atoms with Crippen LogP contribution in [-0.2, 0) is 5.75 Å². The molecule has 1 aromatic carbocycles. The molecule has 0 spiro atoms. The molecule has 0 radical (unpaired) electrons. The zero-order valence-electron chi connectivity index (χ0n) is 11.2. The van der Waals surface area contributed by atoms with E-state index in [-0.39, 0.29) is 0 Å². The van der Waals surface area contributed by atoms with E-state index in [0.29, 0.717) is 16.2 Å². The van der Waals surface area contributed by atoms with Gasteiger partial charge in [0.1, 0.15) is 0 Å². The molecule has 0 aromatic heterocycles. The lowest BCUT2D eigenvalue weighted by atomic mass is 10.1. The Morgan fingerprint density at radius 3 is 2.61 bits per heavy atom. The van der Waals surface area contributed by atoms with Crippen LogP contribution in [0.1, 0.15) is 26.3 Å². The minimum atomic E-state index is 0.607. The van der Waals surface area contributed by atoms with Crippen molar-refractivity contribution in [1.82, 2.24) is 5.32 Å². The van der Waals surface area contributed by atoms with E-state index in [1.165, 1.54) is 0 Å². The largest absolute Gasteiger partial charge is 0.317 e. The zero-order valence-corrected chi connectivity index (χ0v) is 13.5. The topological polar surface area (TPSA) is 12.0 Å². The predicted octanol–water partition coefficient (Wildman–Crippen LogP) is 4.86. The Morgan fingerprint density at radius 2 is 2.00 bits per heavy atom. The Kier molecular flexibility index (Phi) is 7.47. The molecule has 18 heavy (non-hydrogen) atoms. The van der Waals surface area contributed by atoms with Gasteiger partial charge in [0, 0.05) is 21.0 Å². The lowest BCUT2D eigenvalue weighted by Crippen LogP contribution is -2.26. The summed E-state index contributed by atoms with van der Waals surface area (Å²) in [7, 11) is 0. The molecule has 0 aliphatic heterocycles. The number of rotatable bonds is 7. The smallest absolute Gasteiger partial charge is 0.0461 e. The van der Waals surface area contributed by atoms with Crippen molar-refractivity contribution >= 4 is 35.0 Å². The third kappa shape index (κ3) is 5.40. The van der Waals surface area contributed by atoms with E-state index >= 15 is 0 Å². The highest BCUT2D eigenvalue weighted by molar-refractivity contribution is 7.99. The van der Waals surface area contributed by atoms with Crippen molar-refractivity contribution in [1.29, 1.82) is 0 Å². The number of thioether (sulfide) groups is 1. The quantitative estimate of drug-likeness (QED) is 0.772. The molecular formula is C14H21Cl2NS. The lowest BCUT2D eigenvalue weighted by molar-refractivity contribution is 0.520. The minimum Gasteiger partial charge on any atom is -0.317 e. The molecule has 0 bridgehead atoms. The van der Waals surface area contributed by atoms with Crippen LogP contribution in [0, 0.1) is 5.92 Å². The molecule has 0 heterocycles. The predicted molar refractivity (Wildman–Crippen MR) is 84.9 cm³/mol. The van der Waals surface area contributed by atoms with Crippen LogP contribution >= 0.6 is 35.0 Å². The van der Waals surface area contributed by atoms with Crippen molar-refractivity contribution in [3.05, 3.63) is 33.8 Å². The van der Waals surface area contributed by atoms with E-state index in [1.54, 1.807) is 0 Å². The van der Waals surface area contributed by atoms with Gasteiger partial charge in [-0.15, -0.1) is 0 Å². The second kappa shape index (κ2) is 8.31.